The number of anilines is 6. The lowest BCUT2D eigenvalue weighted by Gasteiger charge is -2.45. The standard InChI is InChI=1S/C70H65BN2S/c1-67(2,3)47-26-30-51(31-27-47)72-58-35-29-49(69(7,8)9)39-56(58)71-64-59(72)40-50(70(10,11)12)41-60(64)73(65-55-37-46(42-17-14-13-15-18-42)25-36-61(55)74-66(65)71)57-34-28-48(68(4,5)6)38-54(57)52-32-23-45-22-21-43-19-16-20-44-24-33-53(52)63(45)62(43)44/h13-41H,1-12H3. The van der Waals surface area contributed by atoms with Crippen molar-refractivity contribution in [3.05, 3.63) is 198 Å². The van der Waals surface area contributed by atoms with Gasteiger partial charge in [-0.2, -0.15) is 0 Å². The summed E-state index contributed by atoms with van der Waals surface area (Å²) in [5.74, 6) is 0. The Kier molecular flexibility index (Phi) is 10.2. The van der Waals surface area contributed by atoms with Gasteiger partial charge in [0.1, 0.15) is 0 Å². The fraction of sp³-hybridized carbons (Fsp3) is 0.229. The molecule has 4 heteroatoms. The van der Waals surface area contributed by atoms with E-state index < -0.39 is 0 Å². The van der Waals surface area contributed by atoms with E-state index in [4.69, 9.17) is 0 Å². The van der Waals surface area contributed by atoms with Crippen LogP contribution in [0, 0.1) is 0 Å². The second-order valence-electron chi connectivity index (χ2n) is 25.4. The summed E-state index contributed by atoms with van der Waals surface area (Å²) in [5, 5.41) is 9.09. The molecule has 0 N–H and O–H groups in total. The minimum atomic E-state index is -0.159. The second-order valence-corrected chi connectivity index (χ2v) is 26.5. The highest BCUT2D eigenvalue weighted by Gasteiger charge is 2.47. The van der Waals surface area contributed by atoms with Crippen molar-refractivity contribution in [2.45, 2.75) is 105 Å². The maximum absolute atomic E-state index is 2.73. The van der Waals surface area contributed by atoms with E-state index in [1.165, 1.54) is 137 Å². The minimum Gasteiger partial charge on any atom is -0.311 e. The van der Waals surface area contributed by atoms with Gasteiger partial charge in [-0.05, 0) is 158 Å². The largest absolute Gasteiger partial charge is 0.311 e. The first-order valence-corrected chi connectivity index (χ1v) is 27.5. The monoisotopic (exact) mass is 976 g/mol. The van der Waals surface area contributed by atoms with Gasteiger partial charge in [0.25, 0.3) is 6.71 Å². The molecule has 2 aliphatic heterocycles. The van der Waals surface area contributed by atoms with Crippen LogP contribution in [0.3, 0.4) is 0 Å². The summed E-state index contributed by atoms with van der Waals surface area (Å²) in [7, 11) is 0. The average molecular weight is 977 g/mol. The maximum Gasteiger partial charge on any atom is 0.264 e. The molecule has 0 bridgehead atoms. The van der Waals surface area contributed by atoms with E-state index in [0.717, 1.165) is 0 Å². The first-order chi connectivity index (χ1) is 35.2. The van der Waals surface area contributed by atoms with Gasteiger partial charge in [0, 0.05) is 43.2 Å². The molecule has 0 atom stereocenters. The molecule has 0 fully saturated rings. The topological polar surface area (TPSA) is 6.48 Å². The quantitative estimate of drug-likeness (QED) is 0.128. The van der Waals surface area contributed by atoms with Crippen molar-refractivity contribution in [1.82, 2.24) is 0 Å². The summed E-state index contributed by atoms with van der Waals surface area (Å²) in [4.78, 5) is 5.33. The molecule has 0 saturated carbocycles. The Balaban J connectivity index is 1.18. The SMILES string of the molecule is CC(C)(C)c1ccc(N2c3ccc(C(C)(C)C)cc3B3c4sc5ccc(-c6ccccc6)cc5c4N(c4ccc(C(C)(C)C)cc4-c4ccc5ccc6cccc7ccc4c5c67)c4cc(C(C)(C)C)cc2c43)cc1. The molecular formula is C70H65BN2S. The molecular weight excluding hydrogens is 912 g/mol. The Bertz CT molecular complexity index is 4040. The van der Waals surface area contributed by atoms with Crippen molar-refractivity contribution in [3.63, 3.8) is 0 Å². The fourth-order valence-electron chi connectivity index (χ4n) is 12.2. The third kappa shape index (κ3) is 7.26. The van der Waals surface area contributed by atoms with Crippen molar-refractivity contribution >= 4 is 110 Å². The van der Waals surface area contributed by atoms with Crippen molar-refractivity contribution in [3.8, 4) is 22.3 Å². The number of hydrogen-bond acceptors (Lipinski definition) is 3. The molecule has 3 heterocycles. The summed E-state index contributed by atoms with van der Waals surface area (Å²) in [6.07, 6.45) is 0. The summed E-state index contributed by atoms with van der Waals surface area (Å²) >= 11 is 1.99. The molecule has 0 amide bonds. The summed E-state index contributed by atoms with van der Waals surface area (Å²) in [6.45, 7) is 28.2. The van der Waals surface area contributed by atoms with Gasteiger partial charge in [0.15, 0.2) is 0 Å². The molecule has 0 aliphatic carbocycles. The Labute approximate surface area is 442 Å². The molecule has 2 aliphatic rings. The van der Waals surface area contributed by atoms with E-state index in [1.807, 2.05) is 11.3 Å². The highest BCUT2D eigenvalue weighted by atomic mass is 32.1. The lowest BCUT2D eigenvalue weighted by molar-refractivity contribution is 0.589. The normalized spacial score (nSPS) is 13.9. The van der Waals surface area contributed by atoms with Crippen LogP contribution in [0.15, 0.2) is 176 Å². The van der Waals surface area contributed by atoms with E-state index in [2.05, 4.69) is 269 Å². The zero-order valence-corrected chi connectivity index (χ0v) is 45.9. The number of hydrogen-bond donors (Lipinski definition) is 0. The zero-order valence-electron chi connectivity index (χ0n) is 45.1. The van der Waals surface area contributed by atoms with Gasteiger partial charge in [0.2, 0.25) is 0 Å². The van der Waals surface area contributed by atoms with Crippen LogP contribution in [-0.2, 0) is 21.7 Å². The predicted molar refractivity (Wildman–Crippen MR) is 325 cm³/mol. The Morgan fingerprint density at radius 2 is 0.959 bits per heavy atom. The average Bonchev–Trinajstić information content (AvgIpc) is 3.86. The molecule has 74 heavy (non-hydrogen) atoms. The minimum absolute atomic E-state index is 0.00733. The molecule has 13 rings (SSSR count). The van der Waals surface area contributed by atoms with Crippen molar-refractivity contribution in [1.29, 1.82) is 0 Å². The summed E-state index contributed by atoms with van der Waals surface area (Å²) < 4.78 is 2.69. The number of thiophene rings is 1. The maximum atomic E-state index is 2.73. The molecule has 364 valence electrons. The van der Waals surface area contributed by atoms with E-state index in [9.17, 15) is 0 Å². The van der Waals surface area contributed by atoms with Crippen LogP contribution >= 0.6 is 11.3 Å². The molecule has 0 unspecified atom stereocenters. The fourth-order valence-corrected chi connectivity index (χ4v) is 13.5. The lowest BCUT2D eigenvalue weighted by atomic mass is 9.36. The van der Waals surface area contributed by atoms with Crippen LogP contribution < -0.4 is 25.5 Å². The molecule has 0 radical (unpaired) electrons. The first kappa shape index (κ1) is 46.6. The van der Waals surface area contributed by atoms with Gasteiger partial charge in [0.05, 0.1) is 11.4 Å². The van der Waals surface area contributed by atoms with Crippen molar-refractivity contribution in [2.24, 2.45) is 0 Å². The van der Waals surface area contributed by atoms with Gasteiger partial charge in [-0.15, -0.1) is 11.3 Å². The van der Waals surface area contributed by atoms with Crippen LogP contribution in [0.2, 0.25) is 0 Å². The van der Waals surface area contributed by atoms with Crippen LogP contribution in [-0.4, -0.2) is 6.71 Å². The van der Waals surface area contributed by atoms with Gasteiger partial charge >= 0.3 is 0 Å². The van der Waals surface area contributed by atoms with Crippen LogP contribution in [0.25, 0.3) is 64.7 Å². The van der Waals surface area contributed by atoms with Crippen LogP contribution in [0.5, 0.6) is 0 Å². The number of fused-ring (bicyclic) bond motifs is 6. The van der Waals surface area contributed by atoms with Gasteiger partial charge in [-0.25, -0.2) is 0 Å². The molecule has 1 aromatic heterocycles. The van der Waals surface area contributed by atoms with Crippen LogP contribution in [0.4, 0.5) is 34.1 Å². The zero-order chi connectivity index (χ0) is 51.4. The number of benzene rings is 10. The third-order valence-electron chi connectivity index (χ3n) is 16.4. The Morgan fingerprint density at radius 3 is 1.62 bits per heavy atom. The number of nitrogens with zero attached hydrogens (tertiary/aromatic N) is 2. The highest BCUT2D eigenvalue weighted by Crippen LogP contribution is 2.53. The van der Waals surface area contributed by atoms with Crippen molar-refractivity contribution < 1.29 is 0 Å². The molecule has 10 aromatic carbocycles. The van der Waals surface area contributed by atoms with Crippen LogP contribution in [0.1, 0.15) is 105 Å². The van der Waals surface area contributed by atoms with E-state index >= 15 is 0 Å². The van der Waals surface area contributed by atoms with Gasteiger partial charge < -0.3 is 9.80 Å². The first-order valence-electron chi connectivity index (χ1n) is 26.7. The highest BCUT2D eigenvalue weighted by molar-refractivity contribution is 7.33. The van der Waals surface area contributed by atoms with Gasteiger partial charge in [-0.1, -0.05) is 204 Å². The third-order valence-corrected chi connectivity index (χ3v) is 17.6. The van der Waals surface area contributed by atoms with Gasteiger partial charge in [-0.3, -0.25) is 0 Å². The summed E-state index contributed by atoms with van der Waals surface area (Å²) in [5.41, 5.74) is 20.1. The Morgan fingerprint density at radius 1 is 0.378 bits per heavy atom. The number of rotatable bonds is 4. The van der Waals surface area contributed by atoms with E-state index in [-0.39, 0.29) is 28.4 Å². The Hall–Kier alpha value is -7.14. The predicted octanol–water partition coefficient (Wildman–Crippen LogP) is 18.4. The second kappa shape index (κ2) is 16.2. The summed E-state index contributed by atoms with van der Waals surface area (Å²) in [6, 6.07) is 68.4. The molecule has 0 spiro atoms. The molecule has 0 saturated heterocycles. The van der Waals surface area contributed by atoms with Crippen molar-refractivity contribution in [2.75, 3.05) is 9.80 Å². The van der Waals surface area contributed by atoms with E-state index in [0.29, 0.717) is 0 Å². The molecule has 11 aromatic rings. The smallest absolute Gasteiger partial charge is 0.264 e. The lowest BCUT2D eigenvalue weighted by Crippen LogP contribution is -2.60. The van der Waals surface area contributed by atoms with E-state index in [1.54, 1.807) is 0 Å². The molecule has 2 nitrogen and oxygen atoms in total.